The summed E-state index contributed by atoms with van der Waals surface area (Å²) < 4.78 is 2.42. The Morgan fingerprint density at radius 2 is 2.06 bits per heavy atom. The number of nitrogens with two attached hydrogens (primary N) is 1. The summed E-state index contributed by atoms with van der Waals surface area (Å²) in [5.41, 5.74) is 7.61. The largest absolute Gasteiger partial charge is 0.320 e. The maximum Gasteiger partial charge on any atom is 0.0660 e. The highest BCUT2D eigenvalue weighted by atomic mass is 79.9. The van der Waals surface area contributed by atoms with Crippen molar-refractivity contribution < 1.29 is 0 Å². The van der Waals surface area contributed by atoms with Gasteiger partial charge in [-0.1, -0.05) is 12.1 Å². The van der Waals surface area contributed by atoms with Gasteiger partial charge in [0.25, 0.3) is 0 Å². The van der Waals surface area contributed by atoms with Crippen LogP contribution in [0.1, 0.15) is 21.4 Å². The maximum atomic E-state index is 6.39. The van der Waals surface area contributed by atoms with E-state index in [9.17, 15) is 0 Å². The Hall–Kier alpha value is -0.680. The topological polar surface area (TPSA) is 26.0 Å². The van der Waals surface area contributed by atoms with Crippen molar-refractivity contribution in [3.8, 4) is 0 Å². The van der Waals surface area contributed by atoms with E-state index in [2.05, 4.69) is 58.6 Å². The molecule has 2 heterocycles. The van der Waals surface area contributed by atoms with E-state index in [1.54, 1.807) is 22.7 Å². The van der Waals surface area contributed by atoms with Crippen LogP contribution in [0.2, 0.25) is 0 Å². The third-order valence-corrected chi connectivity index (χ3v) is 6.04. The lowest BCUT2D eigenvalue weighted by Gasteiger charge is -2.08. The molecule has 18 heavy (non-hydrogen) atoms. The molecule has 0 aliphatic carbocycles. The Morgan fingerprint density at radius 1 is 1.22 bits per heavy atom. The summed E-state index contributed by atoms with van der Waals surface area (Å²) in [7, 11) is 0. The molecule has 0 fully saturated rings. The minimum Gasteiger partial charge on any atom is -0.320 e. The van der Waals surface area contributed by atoms with Crippen molar-refractivity contribution in [2.45, 2.75) is 13.0 Å². The first-order chi connectivity index (χ1) is 8.66. The Kier molecular flexibility index (Phi) is 3.28. The van der Waals surface area contributed by atoms with Gasteiger partial charge in [0.2, 0.25) is 0 Å². The van der Waals surface area contributed by atoms with Gasteiger partial charge in [-0.2, -0.15) is 0 Å². The first-order valence-corrected chi connectivity index (χ1v) is 8.13. The molecule has 1 atom stereocenters. The Labute approximate surface area is 122 Å². The maximum absolute atomic E-state index is 6.39. The number of aryl methyl sites for hydroxylation is 1. The zero-order valence-corrected chi connectivity index (χ0v) is 13.0. The van der Waals surface area contributed by atoms with Crippen LogP contribution in [0, 0.1) is 6.92 Å². The second-order valence-corrected chi connectivity index (χ2v) is 7.29. The number of benzene rings is 1. The third-order valence-electron chi connectivity index (χ3n) is 2.98. The SMILES string of the molecule is Cc1ccc(C(N)c2csc3c(Br)cccc23)s1. The molecule has 1 aromatic carbocycles. The molecule has 1 nitrogen and oxygen atoms in total. The minimum absolute atomic E-state index is 0.0215. The molecule has 3 aromatic rings. The van der Waals surface area contributed by atoms with Gasteiger partial charge in [-0.3, -0.25) is 0 Å². The second kappa shape index (κ2) is 4.78. The fourth-order valence-electron chi connectivity index (χ4n) is 2.06. The molecule has 2 N–H and O–H groups in total. The van der Waals surface area contributed by atoms with Crippen molar-refractivity contribution in [2.24, 2.45) is 5.73 Å². The Morgan fingerprint density at radius 3 is 2.78 bits per heavy atom. The Balaban J connectivity index is 2.12. The molecular weight excluding hydrogens is 326 g/mol. The fraction of sp³-hybridized carbons (Fsp3) is 0.143. The summed E-state index contributed by atoms with van der Waals surface area (Å²) in [6, 6.07) is 10.5. The highest BCUT2D eigenvalue weighted by Gasteiger charge is 2.16. The number of hydrogen-bond donors (Lipinski definition) is 1. The lowest BCUT2D eigenvalue weighted by molar-refractivity contribution is 0.908. The number of thiophene rings is 2. The van der Waals surface area contributed by atoms with Crippen LogP contribution in [-0.2, 0) is 0 Å². The predicted molar refractivity (Wildman–Crippen MR) is 84.6 cm³/mol. The van der Waals surface area contributed by atoms with Crippen molar-refractivity contribution >= 4 is 48.7 Å². The smallest absolute Gasteiger partial charge is 0.0660 e. The van der Waals surface area contributed by atoms with Crippen molar-refractivity contribution in [3.05, 3.63) is 55.5 Å². The first-order valence-electron chi connectivity index (χ1n) is 5.64. The molecule has 3 rings (SSSR count). The molecule has 0 radical (unpaired) electrons. The van der Waals surface area contributed by atoms with Gasteiger partial charge in [-0.15, -0.1) is 22.7 Å². The minimum atomic E-state index is -0.0215. The Bertz CT molecular complexity index is 699. The molecule has 92 valence electrons. The summed E-state index contributed by atoms with van der Waals surface area (Å²) in [5.74, 6) is 0. The summed E-state index contributed by atoms with van der Waals surface area (Å²) in [6.07, 6.45) is 0. The number of rotatable bonds is 2. The number of fused-ring (bicyclic) bond motifs is 1. The van der Waals surface area contributed by atoms with Crippen LogP contribution >= 0.6 is 38.6 Å². The molecule has 0 amide bonds. The van der Waals surface area contributed by atoms with Gasteiger partial charge in [0.05, 0.1) is 6.04 Å². The lowest BCUT2D eigenvalue weighted by Crippen LogP contribution is -2.09. The van der Waals surface area contributed by atoms with Crippen LogP contribution in [0.15, 0.2) is 40.2 Å². The van der Waals surface area contributed by atoms with Crippen molar-refractivity contribution in [2.75, 3.05) is 0 Å². The van der Waals surface area contributed by atoms with E-state index in [1.165, 1.54) is 25.4 Å². The standard InChI is InChI=1S/C14H12BrNS2/c1-8-5-6-12(18-8)13(16)10-7-17-14-9(10)3-2-4-11(14)15/h2-7,13H,16H2,1H3. The van der Waals surface area contributed by atoms with E-state index in [0.29, 0.717) is 0 Å². The highest BCUT2D eigenvalue weighted by molar-refractivity contribution is 9.10. The van der Waals surface area contributed by atoms with E-state index in [-0.39, 0.29) is 6.04 Å². The molecule has 4 heteroatoms. The molecule has 0 saturated heterocycles. The van der Waals surface area contributed by atoms with Gasteiger partial charge in [-0.25, -0.2) is 0 Å². The second-order valence-electron chi connectivity index (χ2n) is 4.23. The molecule has 2 aromatic heterocycles. The van der Waals surface area contributed by atoms with Gasteiger partial charge in [0.15, 0.2) is 0 Å². The normalized spacial score (nSPS) is 13.1. The highest BCUT2D eigenvalue weighted by Crippen LogP contribution is 2.37. The molecule has 1 unspecified atom stereocenters. The van der Waals surface area contributed by atoms with Gasteiger partial charge in [-0.05, 0) is 57.4 Å². The van der Waals surface area contributed by atoms with E-state index in [4.69, 9.17) is 5.73 Å². The first kappa shape index (κ1) is 12.4. The molecule has 0 spiro atoms. The third kappa shape index (κ3) is 2.03. The van der Waals surface area contributed by atoms with Crippen molar-refractivity contribution in [3.63, 3.8) is 0 Å². The van der Waals surface area contributed by atoms with E-state index in [0.717, 1.165) is 4.47 Å². The zero-order chi connectivity index (χ0) is 12.7. The van der Waals surface area contributed by atoms with Crippen molar-refractivity contribution in [1.29, 1.82) is 0 Å². The van der Waals surface area contributed by atoms with Gasteiger partial charge in [0.1, 0.15) is 0 Å². The van der Waals surface area contributed by atoms with E-state index in [1.807, 2.05) is 0 Å². The summed E-state index contributed by atoms with van der Waals surface area (Å²) >= 11 is 7.11. The average Bonchev–Trinajstić information content (AvgIpc) is 2.95. The average molecular weight is 338 g/mol. The van der Waals surface area contributed by atoms with Crippen LogP contribution in [0.3, 0.4) is 0 Å². The van der Waals surface area contributed by atoms with E-state index < -0.39 is 0 Å². The quantitative estimate of drug-likeness (QED) is 0.693. The van der Waals surface area contributed by atoms with Gasteiger partial charge in [0, 0.05) is 18.9 Å². The monoisotopic (exact) mass is 337 g/mol. The van der Waals surface area contributed by atoms with Crippen LogP contribution < -0.4 is 5.73 Å². The van der Waals surface area contributed by atoms with Gasteiger partial charge >= 0.3 is 0 Å². The predicted octanol–water partition coefficient (Wildman–Crippen LogP) is 5.08. The van der Waals surface area contributed by atoms with Crippen LogP contribution in [0.25, 0.3) is 10.1 Å². The van der Waals surface area contributed by atoms with Crippen LogP contribution in [-0.4, -0.2) is 0 Å². The van der Waals surface area contributed by atoms with Gasteiger partial charge < -0.3 is 5.73 Å². The number of halogens is 1. The van der Waals surface area contributed by atoms with E-state index >= 15 is 0 Å². The summed E-state index contributed by atoms with van der Waals surface area (Å²) in [5, 5.41) is 3.43. The zero-order valence-electron chi connectivity index (χ0n) is 9.81. The number of hydrogen-bond acceptors (Lipinski definition) is 3. The molecule has 0 aliphatic heterocycles. The fourth-order valence-corrected chi connectivity index (χ4v) is 4.61. The molecular formula is C14H12BrNS2. The summed E-state index contributed by atoms with van der Waals surface area (Å²) in [4.78, 5) is 2.54. The lowest BCUT2D eigenvalue weighted by atomic mass is 10.1. The molecule has 0 saturated carbocycles. The van der Waals surface area contributed by atoms with Crippen LogP contribution in [0.4, 0.5) is 0 Å². The summed E-state index contributed by atoms with van der Waals surface area (Å²) in [6.45, 7) is 2.11. The van der Waals surface area contributed by atoms with Crippen LogP contribution in [0.5, 0.6) is 0 Å². The molecule has 0 bridgehead atoms. The van der Waals surface area contributed by atoms with Crippen molar-refractivity contribution in [1.82, 2.24) is 0 Å². The molecule has 0 aliphatic rings.